The number of halogens is 1. The number of methoxy groups -OCH3 is 2. The van der Waals surface area contributed by atoms with E-state index in [-0.39, 0.29) is 0 Å². The van der Waals surface area contributed by atoms with Gasteiger partial charge in [0.1, 0.15) is 21.8 Å². The van der Waals surface area contributed by atoms with Crippen LogP contribution < -0.4 is 15.2 Å². The molecule has 0 saturated carbocycles. The number of aromatic nitrogens is 2. The second kappa shape index (κ2) is 5.22. The fourth-order valence-corrected chi connectivity index (χ4v) is 2.24. The molecule has 0 bridgehead atoms. The SMILES string of the molecule is COc1ccc(-c2nccc(N)n2)c(OC)c1Br. The lowest BCUT2D eigenvalue weighted by atomic mass is 10.1. The number of rotatable bonds is 3. The van der Waals surface area contributed by atoms with Gasteiger partial charge < -0.3 is 15.2 Å². The lowest BCUT2D eigenvalue weighted by Crippen LogP contribution is -1.98. The lowest BCUT2D eigenvalue weighted by Gasteiger charge is -2.12. The Bertz CT molecular complexity index is 575. The third-order valence-corrected chi connectivity index (χ3v) is 3.15. The summed E-state index contributed by atoms with van der Waals surface area (Å²) >= 11 is 3.43. The second-order valence-corrected chi connectivity index (χ2v) is 4.26. The van der Waals surface area contributed by atoms with Crippen LogP contribution in [0.2, 0.25) is 0 Å². The Balaban J connectivity index is 2.61. The number of anilines is 1. The molecule has 0 spiro atoms. The van der Waals surface area contributed by atoms with Crippen molar-refractivity contribution in [3.63, 3.8) is 0 Å². The quantitative estimate of drug-likeness (QED) is 0.943. The molecular formula is C12H12BrN3O2. The number of ether oxygens (including phenoxy) is 2. The van der Waals surface area contributed by atoms with Crippen molar-refractivity contribution in [1.82, 2.24) is 9.97 Å². The highest BCUT2D eigenvalue weighted by Crippen LogP contribution is 2.40. The summed E-state index contributed by atoms with van der Waals surface area (Å²) in [5.41, 5.74) is 6.40. The van der Waals surface area contributed by atoms with Crippen molar-refractivity contribution in [3.8, 4) is 22.9 Å². The van der Waals surface area contributed by atoms with Crippen molar-refractivity contribution in [2.24, 2.45) is 0 Å². The van der Waals surface area contributed by atoms with Crippen LogP contribution in [-0.4, -0.2) is 24.2 Å². The van der Waals surface area contributed by atoms with E-state index in [4.69, 9.17) is 15.2 Å². The summed E-state index contributed by atoms with van der Waals surface area (Å²) in [7, 11) is 3.17. The van der Waals surface area contributed by atoms with Gasteiger partial charge in [-0.3, -0.25) is 0 Å². The van der Waals surface area contributed by atoms with Gasteiger partial charge in [-0.15, -0.1) is 0 Å². The molecule has 0 atom stereocenters. The maximum Gasteiger partial charge on any atom is 0.165 e. The minimum absolute atomic E-state index is 0.411. The van der Waals surface area contributed by atoms with E-state index in [9.17, 15) is 0 Å². The molecule has 0 fully saturated rings. The number of nitrogens with two attached hydrogens (primary N) is 1. The molecule has 1 aromatic carbocycles. The van der Waals surface area contributed by atoms with Gasteiger partial charge in [-0.2, -0.15) is 0 Å². The minimum Gasteiger partial charge on any atom is -0.495 e. The van der Waals surface area contributed by atoms with Crippen LogP contribution in [0.1, 0.15) is 0 Å². The van der Waals surface area contributed by atoms with Gasteiger partial charge in [-0.25, -0.2) is 9.97 Å². The van der Waals surface area contributed by atoms with Gasteiger partial charge in [0, 0.05) is 6.20 Å². The Morgan fingerprint density at radius 1 is 1.17 bits per heavy atom. The molecule has 2 N–H and O–H groups in total. The Morgan fingerprint density at radius 2 is 1.94 bits per heavy atom. The first-order valence-electron chi connectivity index (χ1n) is 5.16. The second-order valence-electron chi connectivity index (χ2n) is 3.47. The number of nitrogen functional groups attached to an aromatic ring is 1. The van der Waals surface area contributed by atoms with Crippen molar-refractivity contribution in [2.45, 2.75) is 0 Å². The fourth-order valence-electron chi connectivity index (χ4n) is 1.57. The van der Waals surface area contributed by atoms with E-state index in [2.05, 4.69) is 25.9 Å². The smallest absolute Gasteiger partial charge is 0.165 e. The van der Waals surface area contributed by atoms with E-state index >= 15 is 0 Å². The molecule has 0 radical (unpaired) electrons. The number of benzene rings is 1. The monoisotopic (exact) mass is 309 g/mol. The standard InChI is InChI=1S/C12H12BrN3O2/c1-17-8-4-3-7(11(18-2)10(8)13)12-15-6-5-9(14)16-12/h3-6H,1-2H3,(H2,14,15,16). The largest absolute Gasteiger partial charge is 0.495 e. The van der Waals surface area contributed by atoms with E-state index in [0.717, 1.165) is 10.0 Å². The Kier molecular flexibility index (Phi) is 3.66. The van der Waals surface area contributed by atoms with Crippen LogP contribution in [-0.2, 0) is 0 Å². The number of hydrogen-bond acceptors (Lipinski definition) is 5. The Morgan fingerprint density at radius 3 is 2.56 bits per heavy atom. The first-order chi connectivity index (χ1) is 8.67. The van der Waals surface area contributed by atoms with Gasteiger partial charge in [-0.1, -0.05) is 0 Å². The normalized spacial score (nSPS) is 10.2. The van der Waals surface area contributed by atoms with Crippen molar-refractivity contribution < 1.29 is 9.47 Å². The van der Waals surface area contributed by atoms with Gasteiger partial charge in [0.05, 0.1) is 19.8 Å². The van der Waals surface area contributed by atoms with E-state index in [1.165, 1.54) is 0 Å². The van der Waals surface area contributed by atoms with Gasteiger partial charge in [-0.05, 0) is 34.1 Å². The van der Waals surface area contributed by atoms with Crippen LogP contribution in [0, 0.1) is 0 Å². The maximum atomic E-state index is 5.65. The molecule has 6 heteroatoms. The van der Waals surface area contributed by atoms with Crippen LogP contribution in [0.4, 0.5) is 5.82 Å². The van der Waals surface area contributed by atoms with E-state index in [1.807, 2.05) is 12.1 Å². The zero-order valence-corrected chi connectivity index (χ0v) is 11.6. The molecule has 1 aromatic heterocycles. The first-order valence-corrected chi connectivity index (χ1v) is 5.96. The van der Waals surface area contributed by atoms with Crippen molar-refractivity contribution in [3.05, 3.63) is 28.9 Å². The zero-order chi connectivity index (χ0) is 13.1. The van der Waals surface area contributed by atoms with Gasteiger partial charge in [0.2, 0.25) is 0 Å². The average molecular weight is 310 g/mol. The molecule has 2 rings (SSSR count). The summed E-state index contributed by atoms with van der Waals surface area (Å²) in [5.74, 6) is 2.21. The first kappa shape index (κ1) is 12.6. The molecular weight excluding hydrogens is 298 g/mol. The molecule has 2 aromatic rings. The third-order valence-electron chi connectivity index (χ3n) is 2.40. The molecule has 0 aliphatic rings. The minimum atomic E-state index is 0.411. The van der Waals surface area contributed by atoms with Crippen LogP contribution >= 0.6 is 15.9 Å². The van der Waals surface area contributed by atoms with Crippen molar-refractivity contribution in [1.29, 1.82) is 0 Å². The van der Waals surface area contributed by atoms with Crippen LogP contribution in [0.25, 0.3) is 11.4 Å². The van der Waals surface area contributed by atoms with E-state index in [1.54, 1.807) is 26.5 Å². The van der Waals surface area contributed by atoms with Gasteiger partial charge in [0.15, 0.2) is 5.82 Å². The summed E-state index contributed by atoms with van der Waals surface area (Å²) in [6.07, 6.45) is 1.61. The molecule has 5 nitrogen and oxygen atoms in total. The van der Waals surface area contributed by atoms with Crippen molar-refractivity contribution >= 4 is 21.7 Å². The molecule has 0 amide bonds. The highest BCUT2D eigenvalue weighted by atomic mass is 79.9. The summed E-state index contributed by atoms with van der Waals surface area (Å²) in [6, 6.07) is 5.28. The molecule has 0 unspecified atom stereocenters. The molecule has 0 aliphatic carbocycles. The molecule has 94 valence electrons. The Hall–Kier alpha value is -1.82. The fraction of sp³-hybridized carbons (Fsp3) is 0.167. The molecule has 1 heterocycles. The summed E-state index contributed by atoms with van der Waals surface area (Å²) < 4.78 is 11.3. The Labute approximate surface area is 113 Å². The predicted octanol–water partition coefficient (Wildman–Crippen LogP) is 2.51. The molecule has 18 heavy (non-hydrogen) atoms. The van der Waals surface area contributed by atoms with Crippen molar-refractivity contribution in [2.75, 3.05) is 20.0 Å². The summed E-state index contributed by atoms with van der Waals surface area (Å²) in [5, 5.41) is 0. The third kappa shape index (κ3) is 2.24. The van der Waals surface area contributed by atoms with Crippen LogP contribution in [0.15, 0.2) is 28.9 Å². The summed E-state index contributed by atoms with van der Waals surface area (Å²) in [6.45, 7) is 0. The number of nitrogens with zero attached hydrogens (tertiary/aromatic N) is 2. The highest BCUT2D eigenvalue weighted by molar-refractivity contribution is 9.10. The number of hydrogen-bond donors (Lipinski definition) is 1. The van der Waals surface area contributed by atoms with E-state index < -0.39 is 0 Å². The molecule has 0 saturated heterocycles. The van der Waals surface area contributed by atoms with Gasteiger partial charge in [0.25, 0.3) is 0 Å². The highest BCUT2D eigenvalue weighted by Gasteiger charge is 2.15. The molecule has 0 aliphatic heterocycles. The topological polar surface area (TPSA) is 70.3 Å². The van der Waals surface area contributed by atoms with E-state index in [0.29, 0.717) is 23.1 Å². The predicted molar refractivity (Wildman–Crippen MR) is 72.7 cm³/mol. The van der Waals surface area contributed by atoms with Crippen LogP contribution in [0.5, 0.6) is 11.5 Å². The lowest BCUT2D eigenvalue weighted by molar-refractivity contribution is 0.390. The van der Waals surface area contributed by atoms with Crippen LogP contribution in [0.3, 0.4) is 0 Å². The average Bonchev–Trinajstić information content (AvgIpc) is 2.38. The summed E-state index contributed by atoms with van der Waals surface area (Å²) in [4.78, 5) is 8.36. The maximum absolute atomic E-state index is 5.65. The van der Waals surface area contributed by atoms with Gasteiger partial charge >= 0.3 is 0 Å². The zero-order valence-electron chi connectivity index (χ0n) is 9.98.